The largest absolute Gasteiger partial charge is 0.494 e. The normalized spacial score (nSPS) is 12.2. The average molecular weight is 347 g/mol. The first-order chi connectivity index (χ1) is 12.7. The maximum atomic E-state index is 12.3. The van der Waals surface area contributed by atoms with Crippen LogP contribution >= 0.6 is 0 Å². The number of hydrogen-bond acceptors (Lipinski definition) is 3. The Balaban J connectivity index is 1.43. The Bertz CT molecular complexity index is 937. The third kappa shape index (κ3) is 3.23. The lowest BCUT2D eigenvalue weighted by molar-refractivity contribution is -0.118. The van der Waals surface area contributed by atoms with Crippen LogP contribution in [0.15, 0.2) is 54.6 Å². The minimum atomic E-state index is -0.169. The van der Waals surface area contributed by atoms with Crippen molar-refractivity contribution in [3.8, 4) is 11.5 Å². The predicted molar refractivity (Wildman–Crippen MR) is 103 cm³/mol. The standard InChI is InChI=1S/C22H21NO3/c1-2-25-17-9-11-18(12-10-17)26-14-21(24)23-20-13-8-16-7-6-15-4-3-5-19(20)22(15)16/h3-5,8-13H,2,6-7,14H2,1H3,(H,23,24). The van der Waals surface area contributed by atoms with Crippen molar-refractivity contribution in [2.45, 2.75) is 19.8 Å². The maximum Gasteiger partial charge on any atom is 0.262 e. The van der Waals surface area contributed by atoms with Gasteiger partial charge < -0.3 is 14.8 Å². The summed E-state index contributed by atoms with van der Waals surface area (Å²) in [7, 11) is 0. The van der Waals surface area contributed by atoms with Crippen molar-refractivity contribution >= 4 is 22.4 Å². The van der Waals surface area contributed by atoms with Crippen molar-refractivity contribution in [2.24, 2.45) is 0 Å². The zero-order valence-electron chi connectivity index (χ0n) is 14.7. The number of aryl methyl sites for hydroxylation is 2. The lowest BCUT2D eigenvalue weighted by Crippen LogP contribution is -2.20. The van der Waals surface area contributed by atoms with Gasteiger partial charge in [0.2, 0.25) is 0 Å². The third-order valence-corrected chi connectivity index (χ3v) is 4.66. The molecule has 0 heterocycles. The van der Waals surface area contributed by atoms with Gasteiger partial charge in [-0.25, -0.2) is 0 Å². The summed E-state index contributed by atoms with van der Waals surface area (Å²) in [5, 5.41) is 5.37. The van der Waals surface area contributed by atoms with Crippen LogP contribution in [0.2, 0.25) is 0 Å². The molecule has 1 N–H and O–H groups in total. The van der Waals surface area contributed by atoms with Crippen LogP contribution in [0.4, 0.5) is 5.69 Å². The fourth-order valence-corrected chi connectivity index (χ4v) is 3.49. The summed E-state index contributed by atoms with van der Waals surface area (Å²) >= 11 is 0. The van der Waals surface area contributed by atoms with E-state index in [1.807, 2.05) is 25.1 Å². The van der Waals surface area contributed by atoms with Gasteiger partial charge in [-0.05, 0) is 66.6 Å². The summed E-state index contributed by atoms with van der Waals surface area (Å²) in [5.74, 6) is 1.26. The van der Waals surface area contributed by atoms with Crippen molar-refractivity contribution in [3.63, 3.8) is 0 Å². The molecule has 26 heavy (non-hydrogen) atoms. The Labute approximate surface area is 152 Å². The summed E-state index contributed by atoms with van der Waals surface area (Å²) in [6.07, 6.45) is 2.15. The summed E-state index contributed by atoms with van der Waals surface area (Å²) in [6, 6.07) is 17.7. The molecule has 0 unspecified atom stereocenters. The zero-order valence-corrected chi connectivity index (χ0v) is 14.7. The lowest BCUT2D eigenvalue weighted by Gasteiger charge is -2.11. The molecule has 4 heteroatoms. The minimum absolute atomic E-state index is 0.0308. The number of nitrogens with one attached hydrogen (secondary N) is 1. The van der Waals surface area contributed by atoms with Crippen molar-refractivity contribution in [3.05, 3.63) is 65.7 Å². The maximum absolute atomic E-state index is 12.3. The van der Waals surface area contributed by atoms with Gasteiger partial charge >= 0.3 is 0 Å². The molecule has 0 radical (unpaired) electrons. The molecule has 132 valence electrons. The summed E-state index contributed by atoms with van der Waals surface area (Å²) in [5.41, 5.74) is 3.56. The molecule has 4 rings (SSSR count). The number of anilines is 1. The van der Waals surface area contributed by atoms with E-state index < -0.39 is 0 Å². The highest BCUT2D eigenvalue weighted by Crippen LogP contribution is 2.34. The SMILES string of the molecule is CCOc1ccc(OCC(=O)Nc2ccc3c4c(cccc24)CC3)cc1. The van der Waals surface area contributed by atoms with Gasteiger partial charge in [0.1, 0.15) is 11.5 Å². The van der Waals surface area contributed by atoms with Gasteiger partial charge in [-0.3, -0.25) is 4.79 Å². The van der Waals surface area contributed by atoms with Gasteiger partial charge in [-0.1, -0.05) is 24.3 Å². The number of benzene rings is 3. The van der Waals surface area contributed by atoms with Gasteiger partial charge in [0.25, 0.3) is 5.91 Å². The van der Waals surface area contributed by atoms with Crippen molar-refractivity contribution in [1.82, 2.24) is 0 Å². The average Bonchev–Trinajstić information content (AvgIpc) is 3.09. The molecule has 0 atom stereocenters. The molecule has 1 aliphatic carbocycles. The summed E-state index contributed by atoms with van der Waals surface area (Å²) < 4.78 is 11.0. The Hall–Kier alpha value is -3.01. The van der Waals surface area contributed by atoms with Crippen LogP contribution < -0.4 is 14.8 Å². The quantitative estimate of drug-likeness (QED) is 0.721. The van der Waals surface area contributed by atoms with E-state index in [2.05, 4.69) is 29.6 Å². The van der Waals surface area contributed by atoms with Crippen LogP contribution in [-0.4, -0.2) is 19.1 Å². The molecule has 4 nitrogen and oxygen atoms in total. The number of ether oxygens (including phenoxy) is 2. The molecule has 1 amide bonds. The molecular weight excluding hydrogens is 326 g/mol. The van der Waals surface area contributed by atoms with Gasteiger partial charge in [0, 0.05) is 11.1 Å². The third-order valence-electron chi connectivity index (χ3n) is 4.66. The first kappa shape index (κ1) is 16.5. The number of hydrogen-bond donors (Lipinski definition) is 1. The molecule has 0 spiro atoms. The van der Waals surface area contributed by atoms with Crippen LogP contribution in [0.1, 0.15) is 18.1 Å². The van der Waals surface area contributed by atoms with Gasteiger partial charge in [-0.2, -0.15) is 0 Å². The van der Waals surface area contributed by atoms with Gasteiger partial charge in [-0.15, -0.1) is 0 Å². The van der Waals surface area contributed by atoms with Crippen LogP contribution in [0, 0.1) is 0 Å². The molecule has 1 aliphatic rings. The molecular formula is C22H21NO3. The van der Waals surface area contributed by atoms with Gasteiger partial charge in [0.15, 0.2) is 6.61 Å². The molecule has 0 saturated heterocycles. The Morgan fingerprint density at radius 1 is 0.923 bits per heavy atom. The van der Waals surface area contributed by atoms with E-state index in [1.54, 1.807) is 12.1 Å². The van der Waals surface area contributed by atoms with Crippen molar-refractivity contribution < 1.29 is 14.3 Å². The number of carbonyl (C=O) groups is 1. The van der Waals surface area contributed by atoms with E-state index >= 15 is 0 Å². The molecule has 0 saturated carbocycles. The highest BCUT2D eigenvalue weighted by Gasteiger charge is 2.16. The van der Waals surface area contributed by atoms with E-state index in [-0.39, 0.29) is 12.5 Å². The van der Waals surface area contributed by atoms with E-state index in [1.165, 1.54) is 16.5 Å². The Kier molecular flexibility index (Phi) is 4.48. The highest BCUT2D eigenvalue weighted by atomic mass is 16.5. The van der Waals surface area contributed by atoms with Crippen LogP contribution in [0.5, 0.6) is 11.5 Å². The van der Waals surface area contributed by atoms with E-state index in [0.717, 1.165) is 29.7 Å². The number of rotatable bonds is 6. The predicted octanol–water partition coefficient (Wildman–Crippen LogP) is 4.35. The van der Waals surface area contributed by atoms with Gasteiger partial charge in [0.05, 0.1) is 6.61 Å². The van der Waals surface area contributed by atoms with Crippen molar-refractivity contribution in [1.29, 1.82) is 0 Å². The number of carbonyl (C=O) groups excluding carboxylic acids is 1. The van der Waals surface area contributed by atoms with E-state index in [4.69, 9.17) is 9.47 Å². The molecule has 3 aromatic carbocycles. The smallest absolute Gasteiger partial charge is 0.262 e. The Morgan fingerprint density at radius 3 is 2.35 bits per heavy atom. The fraction of sp³-hybridized carbons (Fsp3) is 0.227. The van der Waals surface area contributed by atoms with E-state index in [0.29, 0.717) is 12.4 Å². The highest BCUT2D eigenvalue weighted by molar-refractivity contribution is 6.05. The summed E-state index contributed by atoms with van der Waals surface area (Å²) in [6.45, 7) is 2.53. The second-order valence-corrected chi connectivity index (χ2v) is 6.35. The minimum Gasteiger partial charge on any atom is -0.494 e. The zero-order chi connectivity index (χ0) is 17.9. The topological polar surface area (TPSA) is 47.6 Å². The van der Waals surface area contributed by atoms with Crippen LogP contribution in [0.25, 0.3) is 10.8 Å². The van der Waals surface area contributed by atoms with E-state index in [9.17, 15) is 4.79 Å². The van der Waals surface area contributed by atoms with Crippen molar-refractivity contribution in [2.75, 3.05) is 18.5 Å². The molecule has 3 aromatic rings. The lowest BCUT2D eigenvalue weighted by atomic mass is 10.0. The second kappa shape index (κ2) is 7.08. The first-order valence-electron chi connectivity index (χ1n) is 8.93. The fourth-order valence-electron chi connectivity index (χ4n) is 3.49. The molecule has 0 aromatic heterocycles. The first-order valence-corrected chi connectivity index (χ1v) is 8.93. The second-order valence-electron chi connectivity index (χ2n) is 6.35. The Morgan fingerprint density at radius 2 is 1.62 bits per heavy atom. The molecule has 0 bridgehead atoms. The molecule has 0 aliphatic heterocycles. The molecule has 0 fully saturated rings. The monoisotopic (exact) mass is 347 g/mol. The summed E-state index contributed by atoms with van der Waals surface area (Å²) in [4.78, 5) is 12.3. The number of amides is 1. The van der Waals surface area contributed by atoms with Crippen LogP contribution in [0.3, 0.4) is 0 Å². The van der Waals surface area contributed by atoms with Crippen LogP contribution in [-0.2, 0) is 17.6 Å².